The lowest BCUT2D eigenvalue weighted by molar-refractivity contribution is 0.107. The van der Waals surface area contributed by atoms with Crippen LogP contribution in [0.25, 0.3) is 11.1 Å². The van der Waals surface area contributed by atoms with Crippen LogP contribution < -0.4 is 4.74 Å². The molecule has 0 unspecified atom stereocenters. The average Bonchev–Trinajstić information content (AvgIpc) is 2.72. The smallest absolute Gasteiger partial charge is 0.151 e. The van der Waals surface area contributed by atoms with Crippen molar-refractivity contribution in [3.05, 3.63) is 90.0 Å². The molecule has 3 aromatic carbocycles. The van der Waals surface area contributed by atoms with E-state index in [4.69, 9.17) is 9.57 Å². The van der Waals surface area contributed by atoms with E-state index in [0.29, 0.717) is 13.2 Å². The molecular formula is C24H24NO2. The fraction of sp³-hybridized carbons (Fsp3) is 0.208. The Kier molecular flexibility index (Phi) is 6.64. The van der Waals surface area contributed by atoms with E-state index in [2.05, 4.69) is 54.5 Å². The van der Waals surface area contributed by atoms with Crippen molar-refractivity contribution in [2.24, 2.45) is 5.16 Å². The highest BCUT2D eigenvalue weighted by atomic mass is 16.6. The van der Waals surface area contributed by atoms with Crippen LogP contribution in [0.1, 0.15) is 24.5 Å². The SMILES string of the molecule is CCC(=NOCCOc1c[c]cc(C)c1)c1ccc(-c2ccccc2)cc1. The third-order valence-electron chi connectivity index (χ3n) is 4.18. The van der Waals surface area contributed by atoms with Gasteiger partial charge in [-0.1, -0.05) is 72.7 Å². The summed E-state index contributed by atoms with van der Waals surface area (Å²) in [5, 5.41) is 4.29. The summed E-state index contributed by atoms with van der Waals surface area (Å²) in [6.45, 7) is 4.94. The molecule has 0 amide bonds. The van der Waals surface area contributed by atoms with Crippen molar-refractivity contribution in [1.82, 2.24) is 0 Å². The minimum Gasteiger partial charge on any atom is -0.490 e. The van der Waals surface area contributed by atoms with Gasteiger partial charge in [0.05, 0.1) is 5.71 Å². The molecule has 0 heterocycles. The summed E-state index contributed by atoms with van der Waals surface area (Å²) in [7, 11) is 0. The summed E-state index contributed by atoms with van der Waals surface area (Å²) in [5.74, 6) is 0.801. The molecule has 0 N–H and O–H groups in total. The molecule has 0 aliphatic heterocycles. The Balaban J connectivity index is 1.54. The Morgan fingerprint density at radius 3 is 2.37 bits per heavy atom. The molecule has 27 heavy (non-hydrogen) atoms. The van der Waals surface area contributed by atoms with Crippen molar-refractivity contribution in [2.75, 3.05) is 13.2 Å². The lowest BCUT2D eigenvalue weighted by Gasteiger charge is -2.08. The van der Waals surface area contributed by atoms with E-state index in [-0.39, 0.29) is 0 Å². The molecule has 0 saturated carbocycles. The van der Waals surface area contributed by atoms with Gasteiger partial charge in [-0.05, 0) is 53.8 Å². The zero-order chi connectivity index (χ0) is 18.9. The first-order valence-corrected chi connectivity index (χ1v) is 9.21. The Morgan fingerprint density at radius 1 is 0.926 bits per heavy atom. The normalized spacial score (nSPS) is 11.3. The quantitative estimate of drug-likeness (QED) is 0.295. The third kappa shape index (κ3) is 5.45. The van der Waals surface area contributed by atoms with E-state index >= 15 is 0 Å². The van der Waals surface area contributed by atoms with Gasteiger partial charge in [-0.15, -0.1) is 0 Å². The number of rotatable bonds is 8. The zero-order valence-electron chi connectivity index (χ0n) is 15.8. The first-order chi connectivity index (χ1) is 13.3. The molecule has 0 fully saturated rings. The Hall–Kier alpha value is -3.07. The highest BCUT2D eigenvalue weighted by molar-refractivity contribution is 6.00. The minimum atomic E-state index is 0.402. The second-order valence-corrected chi connectivity index (χ2v) is 6.26. The van der Waals surface area contributed by atoms with E-state index < -0.39 is 0 Å². The van der Waals surface area contributed by atoms with Gasteiger partial charge in [0.2, 0.25) is 0 Å². The van der Waals surface area contributed by atoms with Crippen LogP contribution in [0.4, 0.5) is 0 Å². The van der Waals surface area contributed by atoms with Gasteiger partial charge in [0.25, 0.3) is 0 Å². The van der Waals surface area contributed by atoms with Crippen LogP contribution in [-0.2, 0) is 4.84 Å². The van der Waals surface area contributed by atoms with Crippen LogP contribution >= 0.6 is 0 Å². The van der Waals surface area contributed by atoms with Crippen LogP contribution in [-0.4, -0.2) is 18.9 Å². The number of benzene rings is 3. The maximum Gasteiger partial charge on any atom is 0.151 e. The maximum absolute atomic E-state index is 5.65. The van der Waals surface area contributed by atoms with Gasteiger partial charge in [-0.2, -0.15) is 0 Å². The van der Waals surface area contributed by atoms with Crippen molar-refractivity contribution in [3.8, 4) is 16.9 Å². The second-order valence-electron chi connectivity index (χ2n) is 6.26. The molecule has 3 heteroatoms. The number of aryl methyl sites for hydroxylation is 1. The van der Waals surface area contributed by atoms with Gasteiger partial charge >= 0.3 is 0 Å². The molecule has 0 aliphatic carbocycles. The Bertz CT molecular complexity index is 870. The van der Waals surface area contributed by atoms with Crippen molar-refractivity contribution < 1.29 is 9.57 Å². The van der Waals surface area contributed by atoms with E-state index in [9.17, 15) is 0 Å². The fourth-order valence-corrected chi connectivity index (χ4v) is 2.77. The van der Waals surface area contributed by atoms with Crippen LogP contribution in [0.15, 0.2) is 78.0 Å². The zero-order valence-corrected chi connectivity index (χ0v) is 15.8. The standard InChI is InChI=1S/C24H24NO2/c1-3-24(25-27-17-16-26-23-11-7-8-19(2)18-23)22-14-12-21(13-15-22)20-9-5-4-6-10-20/h4-6,8-15,18H,3,16-17H2,1-2H3. The van der Waals surface area contributed by atoms with Crippen LogP contribution in [0.2, 0.25) is 0 Å². The molecule has 3 aromatic rings. The molecule has 0 atom stereocenters. The second kappa shape index (κ2) is 9.58. The molecule has 137 valence electrons. The highest BCUT2D eigenvalue weighted by Crippen LogP contribution is 2.20. The average molecular weight is 358 g/mol. The number of hydrogen-bond acceptors (Lipinski definition) is 3. The topological polar surface area (TPSA) is 30.8 Å². The fourth-order valence-electron chi connectivity index (χ4n) is 2.77. The van der Waals surface area contributed by atoms with Crippen LogP contribution in [0.5, 0.6) is 5.75 Å². The number of nitrogens with zero attached hydrogens (tertiary/aromatic N) is 1. The predicted molar refractivity (Wildman–Crippen MR) is 110 cm³/mol. The first kappa shape index (κ1) is 18.7. The number of hydrogen-bond donors (Lipinski definition) is 0. The molecule has 1 radical (unpaired) electrons. The number of ether oxygens (including phenoxy) is 1. The summed E-state index contributed by atoms with van der Waals surface area (Å²) in [6.07, 6.45) is 0.804. The van der Waals surface area contributed by atoms with Crippen LogP contribution in [0, 0.1) is 13.0 Å². The van der Waals surface area contributed by atoms with Crippen molar-refractivity contribution in [2.45, 2.75) is 20.3 Å². The third-order valence-corrected chi connectivity index (χ3v) is 4.18. The van der Waals surface area contributed by atoms with Crippen LogP contribution in [0.3, 0.4) is 0 Å². The van der Waals surface area contributed by atoms with Gasteiger partial charge in [0.1, 0.15) is 12.4 Å². The van der Waals surface area contributed by atoms with E-state index in [1.807, 2.05) is 43.3 Å². The lowest BCUT2D eigenvalue weighted by Crippen LogP contribution is -2.06. The van der Waals surface area contributed by atoms with Crippen molar-refractivity contribution in [3.63, 3.8) is 0 Å². The molecule has 0 bridgehead atoms. The van der Waals surface area contributed by atoms with Gasteiger partial charge in [0, 0.05) is 0 Å². The molecule has 3 nitrogen and oxygen atoms in total. The minimum absolute atomic E-state index is 0.402. The first-order valence-electron chi connectivity index (χ1n) is 9.21. The van der Waals surface area contributed by atoms with Gasteiger partial charge in [0.15, 0.2) is 6.61 Å². The van der Waals surface area contributed by atoms with Gasteiger partial charge in [-0.25, -0.2) is 0 Å². The maximum atomic E-state index is 5.65. The van der Waals surface area contributed by atoms with E-state index in [1.54, 1.807) is 0 Å². The summed E-state index contributed by atoms with van der Waals surface area (Å²) in [5.41, 5.74) is 5.53. The summed E-state index contributed by atoms with van der Waals surface area (Å²) < 4.78 is 5.65. The number of oxime groups is 1. The lowest BCUT2D eigenvalue weighted by atomic mass is 10.0. The highest BCUT2D eigenvalue weighted by Gasteiger charge is 2.04. The van der Waals surface area contributed by atoms with Gasteiger partial charge in [-0.3, -0.25) is 0 Å². The Morgan fingerprint density at radius 2 is 1.67 bits per heavy atom. The Labute approximate surface area is 161 Å². The molecule has 0 saturated heterocycles. The summed E-state index contributed by atoms with van der Waals surface area (Å²) >= 11 is 0. The van der Waals surface area contributed by atoms with E-state index in [0.717, 1.165) is 29.0 Å². The molecule has 0 aliphatic rings. The van der Waals surface area contributed by atoms with E-state index in [1.165, 1.54) is 11.1 Å². The molecule has 0 spiro atoms. The molecule has 3 rings (SSSR count). The monoisotopic (exact) mass is 358 g/mol. The van der Waals surface area contributed by atoms with Crippen molar-refractivity contribution in [1.29, 1.82) is 0 Å². The van der Waals surface area contributed by atoms with Gasteiger partial charge < -0.3 is 9.57 Å². The van der Waals surface area contributed by atoms with Crippen molar-refractivity contribution >= 4 is 5.71 Å². The molecule has 0 aromatic heterocycles. The largest absolute Gasteiger partial charge is 0.490 e. The summed E-state index contributed by atoms with van der Waals surface area (Å²) in [6, 6.07) is 27.5. The predicted octanol–water partition coefficient (Wildman–Crippen LogP) is 5.67. The summed E-state index contributed by atoms with van der Waals surface area (Å²) in [4.78, 5) is 5.46. The molecular weight excluding hydrogens is 334 g/mol.